The zero-order valence-electron chi connectivity index (χ0n) is 9.60. The van der Waals surface area contributed by atoms with Gasteiger partial charge in [-0.1, -0.05) is 6.42 Å². The van der Waals surface area contributed by atoms with E-state index >= 15 is 0 Å². The molecule has 4 nitrogen and oxygen atoms in total. The number of aromatic nitrogens is 2. The van der Waals surface area contributed by atoms with Gasteiger partial charge < -0.3 is 10.2 Å². The Morgan fingerprint density at radius 1 is 1.35 bits per heavy atom. The number of nitrogens with zero attached hydrogens (tertiary/aromatic N) is 2. The molecule has 1 atom stereocenters. The number of hydrogen-bond donors (Lipinski definition) is 1. The van der Waals surface area contributed by atoms with Crippen LogP contribution in [0.5, 0.6) is 0 Å². The molecule has 0 spiro atoms. The van der Waals surface area contributed by atoms with Gasteiger partial charge >= 0.3 is 0 Å². The third-order valence-corrected chi connectivity index (χ3v) is 3.26. The highest BCUT2D eigenvalue weighted by molar-refractivity contribution is 5.53. The van der Waals surface area contributed by atoms with Crippen molar-refractivity contribution < 1.29 is 4.42 Å². The Bertz CT molecular complexity index is 507. The van der Waals surface area contributed by atoms with Crippen molar-refractivity contribution in [1.82, 2.24) is 9.97 Å². The fraction of sp³-hybridized carbons (Fsp3) is 0.385. The van der Waals surface area contributed by atoms with Crippen LogP contribution in [0.1, 0.15) is 36.6 Å². The van der Waals surface area contributed by atoms with Gasteiger partial charge in [0.2, 0.25) is 0 Å². The summed E-state index contributed by atoms with van der Waals surface area (Å²) in [6.45, 7) is 0. The molecule has 2 N–H and O–H groups in total. The largest absolute Gasteiger partial charge is 0.472 e. The maximum absolute atomic E-state index is 6.12. The topological polar surface area (TPSA) is 64.9 Å². The van der Waals surface area contributed by atoms with Crippen LogP contribution in [0.25, 0.3) is 11.4 Å². The first-order valence-electron chi connectivity index (χ1n) is 5.98. The summed E-state index contributed by atoms with van der Waals surface area (Å²) in [7, 11) is 0. The maximum Gasteiger partial charge on any atom is 0.162 e. The van der Waals surface area contributed by atoms with E-state index in [0.29, 0.717) is 0 Å². The molecule has 0 saturated heterocycles. The van der Waals surface area contributed by atoms with Crippen molar-refractivity contribution in [1.29, 1.82) is 0 Å². The molecule has 0 aromatic carbocycles. The van der Waals surface area contributed by atoms with Crippen molar-refractivity contribution in [3.63, 3.8) is 0 Å². The molecule has 3 rings (SSSR count). The molecule has 88 valence electrons. The van der Waals surface area contributed by atoms with Gasteiger partial charge in [-0.25, -0.2) is 9.97 Å². The molecule has 2 heterocycles. The van der Waals surface area contributed by atoms with Crippen molar-refractivity contribution in [3.05, 3.63) is 36.0 Å². The van der Waals surface area contributed by atoms with Crippen molar-refractivity contribution in [2.24, 2.45) is 5.73 Å². The van der Waals surface area contributed by atoms with E-state index in [1.54, 1.807) is 12.5 Å². The Balaban J connectivity index is 2.03. The highest BCUT2D eigenvalue weighted by Crippen LogP contribution is 2.26. The van der Waals surface area contributed by atoms with Gasteiger partial charge in [0.15, 0.2) is 5.82 Å². The molecule has 0 aliphatic heterocycles. The number of hydrogen-bond acceptors (Lipinski definition) is 4. The lowest BCUT2D eigenvalue weighted by Gasteiger charge is -2.11. The minimum Gasteiger partial charge on any atom is -0.472 e. The SMILES string of the molecule is NC1CCCCc2nc(-c3ccoc3)ncc21. The summed E-state index contributed by atoms with van der Waals surface area (Å²) >= 11 is 0. The van der Waals surface area contributed by atoms with E-state index < -0.39 is 0 Å². The van der Waals surface area contributed by atoms with Gasteiger partial charge in [0.1, 0.15) is 6.26 Å². The van der Waals surface area contributed by atoms with Crippen LogP contribution >= 0.6 is 0 Å². The summed E-state index contributed by atoms with van der Waals surface area (Å²) in [6.07, 6.45) is 9.52. The van der Waals surface area contributed by atoms with Crippen LogP contribution in [0.2, 0.25) is 0 Å². The van der Waals surface area contributed by atoms with Crippen molar-refractivity contribution in [3.8, 4) is 11.4 Å². The molecule has 2 aromatic rings. The summed E-state index contributed by atoms with van der Waals surface area (Å²) in [4.78, 5) is 8.99. The predicted molar refractivity (Wildman–Crippen MR) is 64.2 cm³/mol. The standard InChI is InChI=1S/C13H15N3O/c14-11-3-1-2-4-12-10(11)7-15-13(16-12)9-5-6-17-8-9/h5-8,11H,1-4,14H2. The van der Waals surface area contributed by atoms with E-state index in [1.807, 2.05) is 12.3 Å². The number of aryl methyl sites for hydroxylation is 1. The quantitative estimate of drug-likeness (QED) is 0.763. The predicted octanol–water partition coefficient (Wildman–Crippen LogP) is 2.46. The molecule has 4 heteroatoms. The van der Waals surface area contributed by atoms with Crippen molar-refractivity contribution >= 4 is 0 Å². The molecule has 2 aromatic heterocycles. The van der Waals surface area contributed by atoms with Gasteiger partial charge in [0.05, 0.1) is 11.8 Å². The average Bonchev–Trinajstić information content (AvgIpc) is 2.82. The van der Waals surface area contributed by atoms with Gasteiger partial charge in [0.25, 0.3) is 0 Å². The first kappa shape index (κ1) is 10.5. The summed E-state index contributed by atoms with van der Waals surface area (Å²) in [6, 6.07) is 1.96. The van der Waals surface area contributed by atoms with E-state index in [-0.39, 0.29) is 6.04 Å². The van der Waals surface area contributed by atoms with E-state index in [4.69, 9.17) is 10.2 Å². The molecule has 0 amide bonds. The zero-order chi connectivity index (χ0) is 11.7. The molecular formula is C13H15N3O. The normalized spacial score (nSPS) is 19.7. The van der Waals surface area contributed by atoms with E-state index in [1.165, 1.54) is 6.42 Å². The Hall–Kier alpha value is -1.68. The Morgan fingerprint density at radius 2 is 2.29 bits per heavy atom. The molecular weight excluding hydrogens is 214 g/mol. The summed E-state index contributed by atoms with van der Waals surface area (Å²) < 4.78 is 5.05. The lowest BCUT2D eigenvalue weighted by Crippen LogP contribution is -2.12. The van der Waals surface area contributed by atoms with Crippen LogP contribution in [-0.2, 0) is 6.42 Å². The summed E-state index contributed by atoms with van der Waals surface area (Å²) in [5.41, 5.74) is 9.24. The molecule has 1 unspecified atom stereocenters. The fourth-order valence-corrected chi connectivity index (χ4v) is 2.28. The first-order chi connectivity index (χ1) is 8.34. The highest BCUT2D eigenvalue weighted by Gasteiger charge is 2.17. The van der Waals surface area contributed by atoms with Crippen LogP contribution in [0.15, 0.2) is 29.2 Å². The van der Waals surface area contributed by atoms with Crippen LogP contribution < -0.4 is 5.73 Å². The van der Waals surface area contributed by atoms with Gasteiger partial charge in [0, 0.05) is 23.5 Å². The molecule has 0 fully saturated rings. The molecule has 1 aliphatic rings. The minimum atomic E-state index is 0.0888. The third kappa shape index (κ3) is 1.96. The summed E-state index contributed by atoms with van der Waals surface area (Å²) in [5.74, 6) is 0.728. The van der Waals surface area contributed by atoms with Crippen LogP contribution in [-0.4, -0.2) is 9.97 Å². The van der Waals surface area contributed by atoms with Crippen LogP contribution in [0, 0.1) is 0 Å². The van der Waals surface area contributed by atoms with Gasteiger partial charge in [-0.15, -0.1) is 0 Å². The van der Waals surface area contributed by atoms with Gasteiger partial charge in [-0.2, -0.15) is 0 Å². The Labute approximate surface area is 99.9 Å². The van der Waals surface area contributed by atoms with Crippen LogP contribution in [0.3, 0.4) is 0 Å². The number of fused-ring (bicyclic) bond motifs is 1. The van der Waals surface area contributed by atoms with E-state index in [9.17, 15) is 0 Å². The minimum absolute atomic E-state index is 0.0888. The highest BCUT2D eigenvalue weighted by atomic mass is 16.3. The maximum atomic E-state index is 6.12. The number of nitrogens with two attached hydrogens (primary N) is 1. The number of furan rings is 1. The smallest absolute Gasteiger partial charge is 0.162 e. The van der Waals surface area contributed by atoms with E-state index in [2.05, 4.69) is 9.97 Å². The van der Waals surface area contributed by atoms with Gasteiger partial charge in [-0.05, 0) is 25.3 Å². The second-order valence-corrected chi connectivity index (χ2v) is 4.46. The lowest BCUT2D eigenvalue weighted by molar-refractivity contribution is 0.568. The second kappa shape index (κ2) is 4.30. The summed E-state index contributed by atoms with van der Waals surface area (Å²) in [5, 5.41) is 0. The van der Waals surface area contributed by atoms with Gasteiger partial charge in [-0.3, -0.25) is 0 Å². The van der Waals surface area contributed by atoms with E-state index in [0.717, 1.165) is 41.9 Å². The molecule has 0 radical (unpaired) electrons. The van der Waals surface area contributed by atoms with Crippen molar-refractivity contribution in [2.75, 3.05) is 0 Å². The monoisotopic (exact) mass is 229 g/mol. The fourth-order valence-electron chi connectivity index (χ4n) is 2.28. The molecule has 0 saturated carbocycles. The first-order valence-corrected chi connectivity index (χ1v) is 5.98. The van der Waals surface area contributed by atoms with Crippen LogP contribution in [0.4, 0.5) is 0 Å². The molecule has 0 bridgehead atoms. The van der Waals surface area contributed by atoms with Crippen molar-refractivity contribution in [2.45, 2.75) is 31.7 Å². The lowest BCUT2D eigenvalue weighted by atomic mass is 10.1. The number of rotatable bonds is 1. The average molecular weight is 229 g/mol. The third-order valence-electron chi connectivity index (χ3n) is 3.26. The zero-order valence-corrected chi connectivity index (χ0v) is 9.60. The Kier molecular flexibility index (Phi) is 2.65. The second-order valence-electron chi connectivity index (χ2n) is 4.46. The molecule has 17 heavy (non-hydrogen) atoms. The Morgan fingerprint density at radius 3 is 3.12 bits per heavy atom. The molecule has 1 aliphatic carbocycles.